The second-order valence-corrected chi connectivity index (χ2v) is 7.98. The quantitative estimate of drug-likeness (QED) is 0.494. The molecule has 0 aromatic heterocycles. The van der Waals surface area contributed by atoms with Crippen molar-refractivity contribution in [3.05, 3.63) is 101 Å². The smallest absolute Gasteiger partial charge is 0.221 e. The Balaban J connectivity index is 1.63. The Labute approximate surface area is 170 Å². The SMILES string of the molecule is Cc1ccc(C(NC(=O)CCSc2ccc(Cl)cc2)c2ccccc2)cc1. The van der Waals surface area contributed by atoms with Gasteiger partial charge >= 0.3 is 0 Å². The van der Waals surface area contributed by atoms with Crippen molar-refractivity contribution in [3.8, 4) is 0 Å². The van der Waals surface area contributed by atoms with Crippen molar-refractivity contribution in [1.29, 1.82) is 0 Å². The van der Waals surface area contributed by atoms with Crippen molar-refractivity contribution < 1.29 is 4.79 Å². The van der Waals surface area contributed by atoms with Gasteiger partial charge in [0, 0.05) is 22.1 Å². The maximum Gasteiger partial charge on any atom is 0.221 e. The summed E-state index contributed by atoms with van der Waals surface area (Å²) in [5.74, 6) is 0.772. The number of halogens is 1. The van der Waals surface area contributed by atoms with Crippen LogP contribution in [0.25, 0.3) is 0 Å². The van der Waals surface area contributed by atoms with Crippen LogP contribution in [0.3, 0.4) is 0 Å². The predicted molar refractivity (Wildman–Crippen MR) is 114 cm³/mol. The minimum Gasteiger partial charge on any atom is -0.345 e. The first-order chi connectivity index (χ1) is 13.1. The average Bonchev–Trinajstić information content (AvgIpc) is 2.69. The molecule has 27 heavy (non-hydrogen) atoms. The molecule has 3 aromatic rings. The summed E-state index contributed by atoms with van der Waals surface area (Å²) in [5, 5.41) is 3.91. The fourth-order valence-electron chi connectivity index (χ4n) is 2.79. The molecule has 0 aliphatic heterocycles. The van der Waals surface area contributed by atoms with Crippen molar-refractivity contribution in [3.63, 3.8) is 0 Å². The number of hydrogen-bond acceptors (Lipinski definition) is 2. The standard InChI is InChI=1S/C23H22ClNOS/c1-17-7-9-19(10-8-17)23(18-5-3-2-4-6-18)25-22(26)15-16-27-21-13-11-20(24)12-14-21/h2-14,23H,15-16H2,1H3,(H,25,26). The molecule has 138 valence electrons. The molecule has 3 rings (SSSR count). The largest absolute Gasteiger partial charge is 0.345 e. The van der Waals surface area contributed by atoms with E-state index in [0.29, 0.717) is 6.42 Å². The molecule has 1 atom stereocenters. The summed E-state index contributed by atoms with van der Waals surface area (Å²) in [4.78, 5) is 13.7. The van der Waals surface area contributed by atoms with Gasteiger partial charge in [-0.3, -0.25) is 4.79 Å². The zero-order valence-electron chi connectivity index (χ0n) is 15.2. The number of amides is 1. The highest BCUT2D eigenvalue weighted by molar-refractivity contribution is 7.99. The fraction of sp³-hybridized carbons (Fsp3) is 0.174. The van der Waals surface area contributed by atoms with Crippen LogP contribution in [0.5, 0.6) is 0 Å². The minimum absolute atomic E-state index is 0.0471. The van der Waals surface area contributed by atoms with Gasteiger partial charge in [0.2, 0.25) is 5.91 Å². The van der Waals surface area contributed by atoms with Crippen LogP contribution in [0.15, 0.2) is 83.8 Å². The third-order valence-electron chi connectivity index (χ3n) is 4.26. The van der Waals surface area contributed by atoms with E-state index in [4.69, 9.17) is 11.6 Å². The summed E-state index contributed by atoms with van der Waals surface area (Å²) < 4.78 is 0. The van der Waals surface area contributed by atoms with E-state index in [1.54, 1.807) is 11.8 Å². The van der Waals surface area contributed by atoms with E-state index in [2.05, 4.69) is 36.5 Å². The summed E-state index contributed by atoms with van der Waals surface area (Å²) in [5.41, 5.74) is 3.38. The number of hydrogen-bond donors (Lipinski definition) is 1. The van der Waals surface area contributed by atoms with Crippen molar-refractivity contribution in [2.24, 2.45) is 0 Å². The maximum atomic E-state index is 12.6. The third kappa shape index (κ3) is 5.88. The molecule has 0 saturated carbocycles. The van der Waals surface area contributed by atoms with E-state index >= 15 is 0 Å². The summed E-state index contributed by atoms with van der Waals surface area (Å²) >= 11 is 7.56. The molecule has 0 spiro atoms. The lowest BCUT2D eigenvalue weighted by atomic mass is 9.97. The van der Waals surface area contributed by atoms with Gasteiger partial charge < -0.3 is 5.32 Å². The van der Waals surface area contributed by atoms with Crippen LogP contribution in [0, 0.1) is 6.92 Å². The number of carbonyl (C=O) groups is 1. The van der Waals surface area contributed by atoms with Crippen LogP contribution < -0.4 is 5.32 Å². The zero-order chi connectivity index (χ0) is 19.1. The summed E-state index contributed by atoms with van der Waals surface area (Å²) in [6.07, 6.45) is 0.461. The Kier molecular flexibility index (Phi) is 6.97. The van der Waals surface area contributed by atoms with Gasteiger partial charge in [0.15, 0.2) is 0 Å². The third-order valence-corrected chi connectivity index (χ3v) is 5.53. The molecular formula is C23H22ClNOS. The first-order valence-corrected chi connectivity index (χ1v) is 10.3. The van der Waals surface area contributed by atoms with E-state index in [1.165, 1.54) is 5.56 Å². The second-order valence-electron chi connectivity index (χ2n) is 6.37. The van der Waals surface area contributed by atoms with Crippen molar-refractivity contribution >= 4 is 29.3 Å². The lowest BCUT2D eigenvalue weighted by molar-refractivity contribution is -0.121. The van der Waals surface area contributed by atoms with Gasteiger partial charge in [-0.25, -0.2) is 0 Å². The number of benzene rings is 3. The Morgan fingerprint density at radius 2 is 1.56 bits per heavy atom. The Hall–Kier alpha value is -2.23. The van der Waals surface area contributed by atoms with Gasteiger partial charge in [-0.05, 0) is 42.3 Å². The molecule has 4 heteroatoms. The summed E-state index contributed by atoms with van der Waals surface area (Å²) in [6.45, 7) is 2.06. The van der Waals surface area contributed by atoms with Crippen LogP contribution in [0.4, 0.5) is 0 Å². The normalized spacial score (nSPS) is 11.8. The molecule has 2 nitrogen and oxygen atoms in total. The van der Waals surface area contributed by atoms with Gasteiger partial charge in [-0.1, -0.05) is 71.8 Å². The van der Waals surface area contributed by atoms with Crippen molar-refractivity contribution in [1.82, 2.24) is 5.32 Å². The lowest BCUT2D eigenvalue weighted by Gasteiger charge is -2.20. The highest BCUT2D eigenvalue weighted by atomic mass is 35.5. The summed E-state index contributed by atoms with van der Waals surface area (Å²) in [7, 11) is 0. The molecule has 0 radical (unpaired) electrons. The van der Waals surface area contributed by atoms with E-state index in [9.17, 15) is 4.79 Å². The first kappa shape index (κ1) is 19.5. The van der Waals surface area contributed by atoms with E-state index in [1.807, 2.05) is 54.6 Å². The monoisotopic (exact) mass is 395 g/mol. The number of carbonyl (C=O) groups excluding carboxylic acids is 1. The van der Waals surface area contributed by atoms with Crippen LogP contribution in [-0.4, -0.2) is 11.7 Å². The minimum atomic E-state index is -0.139. The molecule has 1 amide bonds. The van der Waals surface area contributed by atoms with Crippen LogP contribution in [-0.2, 0) is 4.79 Å². The Bertz CT molecular complexity index is 863. The molecule has 3 aromatic carbocycles. The highest BCUT2D eigenvalue weighted by Crippen LogP contribution is 2.24. The molecule has 1 N–H and O–H groups in total. The van der Waals surface area contributed by atoms with Crippen molar-refractivity contribution in [2.75, 3.05) is 5.75 Å². The molecule has 0 aliphatic rings. The molecule has 0 saturated heterocycles. The molecular weight excluding hydrogens is 374 g/mol. The molecule has 0 bridgehead atoms. The molecule has 0 heterocycles. The maximum absolute atomic E-state index is 12.6. The highest BCUT2D eigenvalue weighted by Gasteiger charge is 2.16. The first-order valence-electron chi connectivity index (χ1n) is 8.91. The molecule has 1 unspecified atom stereocenters. The van der Waals surface area contributed by atoms with Crippen LogP contribution >= 0.6 is 23.4 Å². The van der Waals surface area contributed by atoms with Gasteiger partial charge in [0.05, 0.1) is 6.04 Å². The van der Waals surface area contributed by atoms with Crippen molar-refractivity contribution in [2.45, 2.75) is 24.3 Å². The Morgan fingerprint density at radius 3 is 2.22 bits per heavy atom. The molecule has 0 fully saturated rings. The van der Waals surface area contributed by atoms with Crippen LogP contribution in [0.1, 0.15) is 29.2 Å². The summed E-state index contributed by atoms with van der Waals surface area (Å²) in [6, 6.07) is 25.9. The number of rotatable bonds is 7. The van der Waals surface area contributed by atoms with Gasteiger partial charge in [-0.2, -0.15) is 0 Å². The lowest BCUT2D eigenvalue weighted by Crippen LogP contribution is -2.29. The number of thioether (sulfide) groups is 1. The van der Waals surface area contributed by atoms with Gasteiger partial charge in [0.25, 0.3) is 0 Å². The van der Waals surface area contributed by atoms with Gasteiger partial charge in [-0.15, -0.1) is 11.8 Å². The van der Waals surface area contributed by atoms with E-state index in [-0.39, 0.29) is 11.9 Å². The fourth-order valence-corrected chi connectivity index (χ4v) is 3.77. The Morgan fingerprint density at radius 1 is 0.926 bits per heavy atom. The number of aryl methyl sites for hydroxylation is 1. The van der Waals surface area contributed by atoms with Crippen LogP contribution in [0.2, 0.25) is 5.02 Å². The zero-order valence-corrected chi connectivity index (χ0v) is 16.8. The van der Waals surface area contributed by atoms with E-state index in [0.717, 1.165) is 26.8 Å². The second kappa shape index (κ2) is 9.63. The topological polar surface area (TPSA) is 29.1 Å². The van der Waals surface area contributed by atoms with E-state index < -0.39 is 0 Å². The number of nitrogens with one attached hydrogen (secondary N) is 1. The average molecular weight is 396 g/mol. The van der Waals surface area contributed by atoms with Gasteiger partial charge in [0.1, 0.15) is 0 Å². The molecule has 0 aliphatic carbocycles. The predicted octanol–water partition coefficient (Wildman–Crippen LogP) is 6.04.